The molecule has 0 atom stereocenters. The van der Waals surface area contributed by atoms with Gasteiger partial charge < -0.3 is 0 Å². The van der Waals surface area contributed by atoms with Gasteiger partial charge in [0.05, 0.1) is 8.59 Å². The molecule has 0 N–H and O–H groups in total. The number of nitrogens with zero attached hydrogens (tertiary/aromatic N) is 1. The van der Waals surface area contributed by atoms with Gasteiger partial charge >= 0.3 is 0 Å². The third-order valence-electron chi connectivity index (χ3n) is 0.875. The van der Waals surface area contributed by atoms with Crippen LogP contribution in [0.5, 0.6) is 0 Å². The van der Waals surface area contributed by atoms with Gasteiger partial charge in [-0.15, -0.1) is 0 Å². The average Bonchev–Trinajstić information content (AvgIpc) is 1.93. The molecule has 0 unspecified atom stereocenters. The Morgan fingerprint density at radius 3 is 2.60 bits per heavy atom. The smallest absolute Gasteiger partial charge is 0.225 e. The van der Waals surface area contributed by atoms with Crippen molar-refractivity contribution >= 4 is 34.2 Å². The standard InChI is InChI=1S/C5HClF2IN/c6-3-2(9)1-10-5(8)4(3)7/h1H. The second kappa shape index (κ2) is 2.96. The highest BCUT2D eigenvalue weighted by Gasteiger charge is 2.09. The molecule has 0 aliphatic heterocycles. The summed E-state index contributed by atoms with van der Waals surface area (Å²) < 4.78 is 25.0. The molecular formula is C5HClF2IN. The maximum absolute atomic E-state index is 12.4. The van der Waals surface area contributed by atoms with E-state index in [1.54, 1.807) is 22.6 Å². The summed E-state index contributed by atoms with van der Waals surface area (Å²) in [5, 5.41) is -0.215. The van der Waals surface area contributed by atoms with Gasteiger partial charge in [0.1, 0.15) is 0 Å². The van der Waals surface area contributed by atoms with Crippen molar-refractivity contribution < 1.29 is 8.78 Å². The van der Waals surface area contributed by atoms with E-state index < -0.39 is 11.8 Å². The Bertz CT molecular complexity index is 239. The molecule has 0 saturated heterocycles. The van der Waals surface area contributed by atoms with Gasteiger partial charge in [0, 0.05) is 6.20 Å². The van der Waals surface area contributed by atoms with E-state index in [1.807, 2.05) is 0 Å². The van der Waals surface area contributed by atoms with Crippen molar-refractivity contribution in [2.45, 2.75) is 0 Å². The van der Waals surface area contributed by atoms with Gasteiger partial charge in [-0.1, -0.05) is 11.6 Å². The van der Waals surface area contributed by atoms with E-state index in [2.05, 4.69) is 4.98 Å². The Labute approximate surface area is 74.5 Å². The molecule has 0 aromatic carbocycles. The first-order valence-electron chi connectivity index (χ1n) is 2.28. The van der Waals surface area contributed by atoms with E-state index in [0.29, 0.717) is 3.57 Å². The van der Waals surface area contributed by atoms with E-state index in [4.69, 9.17) is 11.6 Å². The first-order valence-corrected chi connectivity index (χ1v) is 3.73. The average molecular weight is 275 g/mol. The SMILES string of the molecule is Fc1ncc(I)c(Cl)c1F. The third-order valence-corrected chi connectivity index (χ3v) is 2.38. The van der Waals surface area contributed by atoms with Crippen molar-refractivity contribution in [2.24, 2.45) is 0 Å². The van der Waals surface area contributed by atoms with Gasteiger partial charge in [0.15, 0.2) is 5.82 Å². The van der Waals surface area contributed by atoms with Crippen molar-refractivity contribution in [1.82, 2.24) is 4.98 Å². The number of rotatable bonds is 0. The highest BCUT2D eigenvalue weighted by Crippen LogP contribution is 2.21. The summed E-state index contributed by atoms with van der Waals surface area (Å²) in [4.78, 5) is 3.11. The van der Waals surface area contributed by atoms with Crippen LogP contribution in [0.4, 0.5) is 8.78 Å². The Morgan fingerprint density at radius 2 is 2.10 bits per heavy atom. The molecule has 10 heavy (non-hydrogen) atoms. The minimum absolute atomic E-state index is 0.215. The van der Waals surface area contributed by atoms with Crippen LogP contribution in [-0.4, -0.2) is 4.98 Å². The predicted octanol–water partition coefficient (Wildman–Crippen LogP) is 2.62. The maximum Gasteiger partial charge on any atom is 0.250 e. The Balaban J connectivity index is 3.34. The molecule has 0 aliphatic rings. The highest BCUT2D eigenvalue weighted by molar-refractivity contribution is 14.1. The zero-order chi connectivity index (χ0) is 7.72. The quantitative estimate of drug-likeness (QED) is 0.524. The zero-order valence-electron chi connectivity index (χ0n) is 4.54. The lowest BCUT2D eigenvalue weighted by molar-refractivity contribution is 0.478. The minimum Gasteiger partial charge on any atom is -0.225 e. The van der Waals surface area contributed by atoms with Crippen LogP contribution in [0.15, 0.2) is 6.20 Å². The van der Waals surface area contributed by atoms with E-state index >= 15 is 0 Å². The molecule has 1 aromatic heterocycles. The summed E-state index contributed by atoms with van der Waals surface area (Å²) in [6, 6.07) is 0. The first-order chi connectivity index (χ1) is 4.63. The van der Waals surface area contributed by atoms with E-state index in [-0.39, 0.29) is 5.02 Å². The fourth-order valence-electron chi connectivity index (χ4n) is 0.422. The Kier molecular flexibility index (Phi) is 2.40. The second-order valence-corrected chi connectivity index (χ2v) is 3.07. The van der Waals surface area contributed by atoms with Crippen LogP contribution in [0.3, 0.4) is 0 Å². The van der Waals surface area contributed by atoms with Crippen molar-refractivity contribution in [1.29, 1.82) is 0 Å². The molecule has 0 spiro atoms. The van der Waals surface area contributed by atoms with E-state index in [0.717, 1.165) is 0 Å². The van der Waals surface area contributed by atoms with E-state index in [1.165, 1.54) is 6.20 Å². The fraction of sp³-hybridized carbons (Fsp3) is 0. The lowest BCUT2D eigenvalue weighted by Crippen LogP contribution is -1.91. The minimum atomic E-state index is -1.16. The molecule has 0 fully saturated rings. The van der Waals surface area contributed by atoms with Gasteiger partial charge in [-0.25, -0.2) is 9.37 Å². The molecule has 0 amide bonds. The number of pyridine rings is 1. The molecule has 0 aliphatic carbocycles. The van der Waals surface area contributed by atoms with Crippen LogP contribution < -0.4 is 0 Å². The van der Waals surface area contributed by atoms with Gasteiger partial charge in [-0.3, -0.25) is 0 Å². The van der Waals surface area contributed by atoms with E-state index in [9.17, 15) is 8.78 Å². The predicted molar refractivity (Wildman–Crippen MR) is 41.9 cm³/mol. The van der Waals surface area contributed by atoms with Crippen LogP contribution in [0.25, 0.3) is 0 Å². The molecular weight excluding hydrogens is 274 g/mol. The summed E-state index contributed by atoms with van der Waals surface area (Å²) in [5.41, 5.74) is 0. The van der Waals surface area contributed by atoms with Crippen molar-refractivity contribution in [3.8, 4) is 0 Å². The molecule has 1 aromatic rings. The fourth-order valence-corrected chi connectivity index (χ4v) is 0.925. The molecule has 1 nitrogen and oxygen atoms in total. The molecule has 1 heterocycles. The highest BCUT2D eigenvalue weighted by atomic mass is 127. The summed E-state index contributed by atoms with van der Waals surface area (Å²) in [6.45, 7) is 0. The third kappa shape index (κ3) is 1.37. The van der Waals surface area contributed by atoms with Gasteiger partial charge in [-0.2, -0.15) is 4.39 Å². The summed E-state index contributed by atoms with van der Waals surface area (Å²) in [5.74, 6) is -2.25. The van der Waals surface area contributed by atoms with Gasteiger partial charge in [0.25, 0.3) is 5.95 Å². The zero-order valence-corrected chi connectivity index (χ0v) is 7.45. The van der Waals surface area contributed by atoms with Crippen LogP contribution in [0.2, 0.25) is 5.02 Å². The maximum atomic E-state index is 12.4. The Morgan fingerprint density at radius 1 is 1.50 bits per heavy atom. The topological polar surface area (TPSA) is 12.9 Å². The van der Waals surface area contributed by atoms with Crippen molar-refractivity contribution in [2.75, 3.05) is 0 Å². The molecule has 1 rings (SSSR count). The molecule has 5 heteroatoms. The largest absolute Gasteiger partial charge is 0.250 e. The number of halogens is 4. The van der Waals surface area contributed by atoms with Gasteiger partial charge in [-0.05, 0) is 22.6 Å². The van der Waals surface area contributed by atoms with Crippen LogP contribution in [0.1, 0.15) is 0 Å². The lowest BCUT2D eigenvalue weighted by Gasteiger charge is -1.95. The monoisotopic (exact) mass is 275 g/mol. The molecule has 0 radical (unpaired) electrons. The summed E-state index contributed by atoms with van der Waals surface area (Å²) in [7, 11) is 0. The second-order valence-electron chi connectivity index (χ2n) is 1.52. The van der Waals surface area contributed by atoms with Crippen molar-refractivity contribution in [3.63, 3.8) is 0 Å². The molecule has 54 valence electrons. The van der Waals surface area contributed by atoms with Crippen LogP contribution >= 0.6 is 34.2 Å². The van der Waals surface area contributed by atoms with Crippen molar-refractivity contribution in [3.05, 3.63) is 26.6 Å². The number of aromatic nitrogens is 1. The summed E-state index contributed by atoms with van der Waals surface area (Å²) in [6.07, 6.45) is 1.17. The normalized spacial score (nSPS) is 10.0. The number of hydrogen-bond acceptors (Lipinski definition) is 1. The Hall–Kier alpha value is 0.0300. The van der Waals surface area contributed by atoms with Crippen LogP contribution in [-0.2, 0) is 0 Å². The lowest BCUT2D eigenvalue weighted by atomic mass is 10.5. The number of hydrogen-bond donors (Lipinski definition) is 0. The summed E-state index contributed by atoms with van der Waals surface area (Å²) >= 11 is 7.09. The first kappa shape index (κ1) is 8.13. The molecule has 0 bridgehead atoms. The molecule has 0 saturated carbocycles. The van der Waals surface area contributed by atoms with Crippen LogP contribution in [0, 0.1) is 15.3 Å². The van der Waals surface area contributed by atoms with Gasteiger partial charge in [0.2, 0.25) is 0 Å².